The van der Waals surface area contributed by atoms with Gasteiger partial charge in [0.2, 0.25) is 0 Å². The number of rotatable bonds is 2. The average Bonchev–Trinajstić information content (AvgIpc) is 3.15. The van der Waals surface area contributed by atoms with Crippen molar-refractivity contribution in [3.63, 3.8) is 0 Å². The molecular formula is C17H17FN4OS. The smallest absolute Gasteiger partial charge is 0.180 e. The number of nitrogens with zero attached hydrogens (tertiary/aromatic N) is 3. The Kier molecular flexibility index (Phi) is 3.53. The quantitative estimate of drug-likeness (QED) is 0.760. The Morgan fingerprint density at radius 2 is 2.04 bits per heavy atom. The Morgan fingerprint density at radius 3 is 2.79 bits per heavy atom. The second-order valence-electron chi connectivity index (χ2n) is 6.06. The van der Waals surface area contributed by atoms with E-state index in [1.54, 1.807) is 12.1 Å². The zero-order chi connectivity index (χ0) is 16.8. The zero-order valence-electron chi connectivity index (χ0n) is 13.4. The maximum absolute atomic E-state index is 13.1. The van der Waals surface area contributed by atoms with Crippen LogP contribution >= 0.6 is 11.3 Å². The number of nitrogens with two attached hydrogens (primary N) is 1. The van der Waals surface area contributed by atoms with E-state index in [1.165, 1.54) is 28.3 Å². The van der Waals surface area contributed by atoms with Crippen molar-refractivity contribution < 1.29 is 8.91 Å². The van der Waals surface area contributed by atoms with E-state index in [0.717, 1.165) is 23.5 Å². The predicted octanol–water partition coefficient (Wildman–Crippen LogP) is 4.03. The average molecular weight is 344 g/mol. The van der Waals surface area contributed by atoms with Crippen molar-refractivity contribution in [3.05, 3.63) is 46.7 Å². The van der Waals surface area contributed by atoms with Gasteiger partial charge in [0.1, 0.15) is 5.82 Å². The molecule has 1 aliphatic heterocycles. The minimum absolute atomic E-state index is 0.129. The number of aromatic nitrogens is 2. The van der Waals surface area contributed by atoms with Crippen molar-refractivity contribution >= 4 is 22.3 Å². The van der Waals surface area contributed by atoms with Crippen molar-refractivity contribution in [2.75, 3.05) is 10.6 Å². The van der Waals surface area contributed by atoms with Crippen LogP contribution in [0.15, 0.2) is 34.9 Å². The first-order chi connectivity index (χ1) is 11.5. The van der Waals surface area contributed by atoms with Crippen LogP contribution in [-0.4, -0.2) is 16.2 Å². The molecule has 3 aromatic rings. The molecule has 0 fully saturated rings. The van der Waals surface area contributed by atoms with Crippen LogP contribution in [0.1, 0.15) is 30.5 Å². The minimum atomic E-state index is -0.271. The number of fused-ring (bicyclic) bond motifs is 1. The van der Waals surface area contributed by atoms with E-state index < -0.39 is 0 Å². The molecule has 7 heteroatoms. The van der Waals surface area contributed by atoms with Crippen molar-refractivity contribution in [1.29, 1.82) is 0 Å². The normalized spacial score (nSPS) is 20.2. The SMILES string of the molecule is C[C@@H]1Cc2nc(N)sc2[C@H](C)N1c1cc(-c2ccc(F)cc2)on1. The molecule has 0 radical (unpaired) electrons. The molecule has 2 N–H and O–H groups in total. The molecular weight excluding hydrogens is 327 g/mol. The van der Waals surface area contributed by atoms with Crippen molar-refractivity contribution in [2.24, 2.45) is 0 Å². The van der Waals surface area contributed by atoms with Crippen LogP contribution < -0.4 is 10.6 Å². The third kappa shape index (κ3) is 2.45. The van der Waals surface area contributed by atoms with Crippen LogP contribution in [0.3, 0.4) is 0 Å². The summed E-state index contributed by atoms with van der Waals surface area (Å²) in [6, 6.07) is 8.46. The Hall–Kier alpha value is -2.41. The molecule has 0 spiro atoms. The number of thiazole rings is 1. The Labute approximate surface area is 142 Å². The number of hydrogen-bond acceptors (Lipinski definition) is 6. The summed E-state index contributed by atoms with van der Waals surface area (Å²) in [5.74, 6) is 1.12. The fourth-order valence-corrected chi connectivity index (χ4v) is 4.22. The molecule has 0 saturated heterocycles. The summed E-state index contributed by atoms with van der Waals surface area (Å²) in [6.45, 7) is 4.26. The topological polar surface area (TPSA) is 68.2 Å². The highest BCUT2D eigenvalue weighted by Crippen LogP contribution is 2.40. The molecule has 4 rings (SSSR count). The number of benzene rings is 1. The lowest BCUT2D eigenvalue weighted by atomic mass is 10.00. The van der Waals surface area contributed by atoms with E-state index in [4.69, 9.17) is 10.3 Å². The van der Waals surface area contributed by atoms with Gasteiger partial charge in [-0.25, -0.2) is 9.37 Å². The first kappa shape index (κ1) is 15.1. The highest BCUT2D eigenvalue weighted by molar-refractivity contribution is 7.15. The van der Waals surface area contributed by atoms with Crippen molar-refractivity contribution in [3.8, 4) is 11.3 Å². The fraction of sp³-hybridized carbons (Fsp3) is 0.294. The first-order valence-electron chi connectivity index (χ1n) is 7.79. The molecule has 0 bridgehead atoms. The molecule has 0 amide bonds. The summed E-state index contributed by atoms with van der Waals surface area (Å²) < 4.78 is 18.6. The molecule has 0 unspecified atom stereocenters. The lowest BCUT2D eigenvalue weighted by Crippen LogP contribution is -2.40. The van der Waals surface area contributed by atoms with Gasteiger partial charge >= 0.3 is 0 Å². The summed E-state index contributed by atoms with van der Waals surface area (Å²) in [5, 5.41) is 4.83. The molecule has 3 heterocycles. The van der Waals surface area contributed by atoms with Gasteiger partial charge in [0.25, 0.3) is 0 Å². The third-order valence-electron chi connectivity index (χ3n) is 4.40. The maximum Gasteiger partial charge on any atom is 0.180 e. The number of hydrogen-bond donors (Lipinski definition) is 1. The summed E-state index contributed by atoms with van der Waals surface area (Å²) >= 11 is 1.53. The number of halogens is 1. The third-order valence-corrected chi connectivity index (χ3v) is 5.49. The Balaban J connectivity index is 1.68. The second-order valence-corrected chi connectivity index (χ2v) is 7.12. The van der Waals surface area contributed by atoms with E-state index in [9.17, 15) is 4.39 Å². The maximum atomic E-state index is 13.1. The lowest BCUT2D eigenvalue weighted by molar-refractivity contribution is 0.420. The van der Waals surface area contributed by atoms with Crippen LogP contribution in [0.4, 0.5) is 15.3 Å². The zero-order valence-corrected chi connectivity index (χ0v) is 14.2. The summed E-state index contributed by atoms with van der Waals surface area (Å²) in [5.41, 5.74) is 7.75. The predicted molar refractivity (Wildman–Crippen MR) is 92.5 cm³/mol. The van der Waals surface area contributed by atoms with Gasteiger partial charge in [-0.15, -0.1) is 0 Å². The van der Waals surface area contributed by atoms with Gasteiger partial charge in [-0.2, -0.15) is 0 Å². The Morgan fingerprint density at radius 1 is 1.29 bits per heavy atom. The van der Waals surface area contributed by atoms with Gasteiger partial charge < -0.3 is 15.2 Å². The van der Waals surface area contributed by atoms with Crippen molar-refractivity contribution in [1.82, 2.24) is 10.1 Å². The standard InChI is InChI=1S/C17H17FN4OS/c1-9-7-13-16(24-17(19)20-13)10(2)22(9)15-8-14(23-21-15)11-3-5-12(18)6-4-11/h3-6,8-10H,7H2,1-2H3,(H2,19,20)/t9-,10+/m1/s1. The molecule has 0 saturated carbocycles. The molecule has 2 aromatic heterocycles. The molecule has 5 nitrogen and oxygen atoms in total. The van der Waals surface area contributed by atoms with E-state index in [2.05, 4.69) is 28.9 Å². The summed E-state index contributed by atoms with van der Waals surface area (Å²) in [7, 11) is 0. The lowest BCUT2D eigenvalue weighted by Gasteiger charge is -2.37. The molecule has 2 atom stereocenters. The van der Waals surface area contributed by atoms with E-state index in [0.29, 0.717) is 10.9 Å². The first-order valence-corrected chi connectivity index (χ1v) is 8.60. The van der Waals surface area contributed by atoms with Gasteiger partial charge in [-0.3, -0.25) is 0 Å². The van der Waals surface area contributed by atoms with Crippen LogP contribution in [-0.2, 0) is 6.42 Å². The monoisotopic (exact) mass is 344 g/mol. The molecule has 0 aliphatic carbocycles. The van der Waals surface area contributed by atoms with Crippen LogP contribution in [0.2, 0.25) is 0 Å². The molecule has 124 valence electrons. The highest BCUT2D eigenvalue weighted by atomic mass is 32.1. The molecule has 1 aliphatic rings. The number of nitrogen functional groups attached to an aromatic ring is 1. The summed E-state index contributed by atoms with van der Waals surface area (Å²) in [4.78, 5) is 7.83. The van der Waals surface area contributed by atoms with Gasteiger partial charge in [-0.1, -0.05) is 16.5 Å². The van der Waals surface area contributed by atoms with Crippen molar-refractivity contribution in [2.45, 2.75) is 32.4 Å². The Bertz CT molecular complexity index is 873. The molecule has 1 aromatic carbocycles. The van der Waals surface area contributed by atoms with E-state index >= 15 is 0 Å². The second kappa shape index (κ2) is 5.59. The minimum Gasteiger partial charge on any atom is -0.375 e. The van der Waals surface area contributed by atoms with Crippen LogP contribution in [0.5, 0.6) is 0 Å². The van der Waals surface area contributed by atoms with Gasteiger partial charge in [-0.05, 0) is 38.1 Å². The summed E-state index contributed by atoms with van der Waals surface area (Å²) in [6.07, 6.45) is 0.826. The van der Waals surface area contributed by atoms with Gasteiger partial charge in [0.05, 0.1) is 16.6 Å². The van der Waals surface area contributed by atoms with Crippen LogP contribution in [0, 0.1) is 5.82 Å². The highest BCUT2D eigenvalue weighted by Gasteiger charge is 2.34. The van der Waals surface area contributed by atoms with Gasteiger partial charge in [0, 0.05) is 24.1 Å². The number of anilines is 2. The van der Waals surface area contributed by atoms with Crippen LogP contribution in [0.25, 0.3) is 11.3 Å². The van der Waals surface area contributed by atoms with E-state index in [1.807, 2.05) is 6.07 Å². The molecule has 24 heavy (non-hydrogen) atoms. The van der Waals surface area contributed by atoms with E-state index in [-0.39, 0.29) is 17.9 Å². The largest absolute Gasteiger partial charge is 0.375 e. The fourth-order valence-electron chi connectivity index (χ4n) is 3.30. The van der Waals surface area contributed by atoms with Gasteiger partial charge in [0.15, 0.2) is 16.7 Å².